The number of carbonyl (C=O) groups is 1. The zero-order valence-corrected chi connectivity index (χ0v) is 19.8. The number of halogens is 1. The number of rotatable bonds is 8. The smallest absolute Gasteiger partial charge is 0.227 e. The maximum atomic E-state index is 12.9. The minimum absolute atomic E-state index is 0.190. The van der Waals surface area contributed by atoms with Crippen molar-refractivity contribution in [3.05, 3.63) is 39.5 Å². The van der Waals surface area contributed by atoms with Crippen molar-refractivity contribution in [1.29, 1.82) is 0 Å². The molecule has 30 heavy (non-hydrogen) atoms. The molecule has 0 amide bonds. The first-order chi connectivity index (χ1) is 14.6. The van der Waals surface area contributed by atoms with Crippen molar-refractivity contribution in [3.63, 3.8) is 0 Å². The molecule has 1 N–H and O–H groups in total. The van der Waals surface area contributed by atoms with Gasteiger partial charge in [-0.15, -0.1) is 5.10 Å². The predicted octanol–water partition coefficient (Wildman–Crippen LogP) is 5.74. The molecule has 0 fully saturated rings. The van der Waals surface area contributed by atoms with Gasteiger partial charge in [0.2, 0.25) is 11.1 Å². The van der Waals surface area contributed by atoms with Crippen molar-refractivity contribution in [2.24, 2.45) is 0 Å². The first-order valence-corrected chi connectivity index (χ1v) is 12.4. The van der Waals surface area contributed by atoms with Crippen molar-refractivity contribution in [2.45, 2.75) is 63.1 Å². The molecule has 1 aliphatic carbocycles. The highest BCUT2D eigenvalue weighted by Crippen LogP contribution is 2.42. The van der Waals surface area contributed by atoms with E-state index >= 15 is 0 Å². The van der Waals surface area contributed by atoms with E-state index in [0.29, 0.717) is 6.42 Å². The summed E-state index contributed by atoms with van der Waals surface area (Å²) >= 11 is 5.28. The van der Waals surface area contributed by atoms with Crippen molar-refractivity contribution in [3.8, 4) is 5.75 Å². The number of methoxy groups -OCH3 is 1. The Hall–Kier alpha value is -1.80. The van der Waals surface area contributed by atoms with Crippen LogP contribution in [0.1, 0.15) is 63.5 Å². The van der Waals surface area contributed by atoms with E-state index in [1.165, 1.54) is 19.3 Å². The summed E-state index contributed by atoms with van der Waals surface area (Å²) in [5.74, 6) is 2.68. The number of nitrogens with one attached hydrogen (secondary N) is 1. The van der Waals surface area contributed by atoms with Crippen LogP contribution in [0.15, 0.2) is 39.1 Å². The second kappa shape index (κ2) is 9.56. The second-order valence-electron chi connectivity index (χ2n) is 7.66. The zero-order chi connectivity index (χ0) is 21.1. The molecule has 160 valence electrons. The summed E-state index contributed by atoms with van der Waals surface area (Å²) in [7, 11) is 1.65. The molecular weight excluding hydrogens is 464 g/mol. The van der Waals surface area contributed by atoms with Crippen molar-refractivity contribution in [2.75, 3.05) is 18.2 Å². The Morgan fingerprint density at radius 1 is 1.30 bits per heavy atom. The lowest BCUT2D eigenvalue weighted by atomic mass is 9.85. The fourth-order valence-electron chi connectivity index (χ4n) is 4.05. The van der Waals surface area contributed by atoms with Gasteiger partial charge >= 0.3 is 0 Å². The lowest BCUT2D eigenvalue weighted by Gasteiger charge is -2.32. The molecule has 1 aromatic carbocycles. The maximum absolute atomic E-state index is 12.9. The van der Waals surface area contributed by atoms with Crippen LogP contribution in [0.25, 0.3) is 0 Å². The number of ether oxygens (including phenoxy) is 1. The standard InChI is InChI=1S/C22H27BrN4O2S/c1-3-4-5-6-12-30-22-25-21-24-16-8-7-9-17(28)19(16)20(27(21)26-22)14-10-11-18(29-2)15(23)13-14/h10-11,13,20H,3-9,12H2,1-2H3,(H,24,25,26). The first-order valence-electron chi connectivity index (χ1n) is 10.6. The van der Waals surface area contributed by atoms with E-state index in [1.54, 1.807) is 18.9 Å². The summed E-state index contributed by atoms with van der Waals surface area (Å²) < 4.78 is 8.12. The van der Waals surface area contributed by atoms with Crippen LogP contribution < -0.4 is 10.1 Å². The number of Topliss-reactive ketones (excluding diaryl/α,β-unsaturated/α-hetero) is 1. The molecular formula is C22H27BrN4O2S. The van der Waals surface area contributed by atoms with Crippen LogP contribution in [0.3, 0.4) is 0 Å². The molecule has 2 heterocycles. The summed E-state index contributed by atoms with van der Waals surface area (Å²) in [6.07, 6.45) is 7.22. The maximum Gasteiger partial charge on any atom is 0.227 e. The Labute approximate surface area is 190 Å². The third kappa shape index (κ3) is 4.30. The first kappa shape index (κ1) is 21.4. The molecule has 8 heteroatoms. The molecule has 4 rings (SSSR count). The number of hydrogen-bond acceptors (Lipinski definition) is 6. The minimum atomic E-state index is -0.270. The Morgan fingerprint density at radius 2 is 2.17 bits per heavy atom. The zero-order valence-electron chi connectivity index (χ0n) is 17.4. The Bertz CT molecular complexity index is 972. The van der Waals surface area contributed by atoms with Crippen LogP contribution in [0.5, 0.6) is 5.75 Å². The van der Waals surface area contributed by atoms with E-state index in [0.717, 1.165) is 63.2 Å². The Morgan fingerprint density at radius 3 is 2.93 bits per heavy atom. The van der Waals surface area contributed by atoms with Gasteiger partial charge < -0.3 is 10.1 Å². The quantitative estimate of drug-likeness (QED) is 0.375. The van der Waals surface area contributed by atoms with Crippen LogP contribution in [0, 0.1) is 0 Å². The molecule has 6 nitrogen and oxygen atoms in total. The second-order valence-corrected chi connectivity index (χ2v) is 9.58. The number of aromatic nitrogens is 3. The molecule has 1 atom stereocenters. The highest BCUT2D eigenvalue weighted by Gasteiger charge is 2.37. The highest BCUT2D eigenvalue weighted by molar-refractivity contribution is 9.10. The van der Waals surface area contributed by atoms with Crippen LogP contribution in [0.4, 0.5) is 5.95 Å². The number of ketones is 1. The summed E-state index contributed by atoms with van der Waals surface area (Å²) in [4.78, 5) is 17.6. The predicted molar refractivity (Wildman–Crippen MR) is 123 cm³/mol. The largest absolute Gasteiger partial charge is 0.496 e. The van der Waals surface area contributed by atoms with Gasteiger partial charge in [0.05, 0.1) is 11.6 Å². The molecule has 1 unspecified atom stereocenters. The number of fused-ring (bicyclic) bond motifs is 1. The van der Waals surface area contributed by atoms with Crippen LogP contribution >= 0.6 is 27.7 Å². The Kier molecular flexibility index (Phi) is 6.83. The fraction of sp³-hybridized carbons (Fsp3) is 0.500. The molecule has 0 saturated heterocycles. The molecule has 1 aliphatic heterocycles. The van der Waals surface area contributed by atoms with Crippen LogP contribution in [-0.2, 0) is 4.79 Å². The number of carbonyl (C=O) groups excluding carboxylic acids is 1. The molecule has 2 aliphatic rings. The van der Waals surface area contributed by atoms with Crippen LogP contribution in [-0.4, -0.2) is 33.4 Å². The number of allylic oxidation sites excluding steroid dienone is 2. The van der Waals surface area contributed by atoms with E-state index in [1.807, 2.05) is 22.9 Å². The average Bonchev–Trinajstić information content (AvgIpc) is 3.14. The third-order valence-corrected chi connectivity index (χ3v) is 7.11. The SMILES string of the molecule is CCCCCCSc1nc2n(n1)C(c1ccc(OC)c(Br)c1)C1=C(CCCC1=O)N2. The van der Waals surface area contributed by atoms with Gasteiger partial charge in [-0.3, -0.25) is 4.79 Å². The lowest BCUT2D eigenvalue weighted by Crippen LogP contribution is -2.31. The van der Waals surface area contributed by atoms with Crippen molar-refractivity contribution in [1.82, 2.24) is 14.8 Å². The molecule has 1 aromatic heterocycles. The Balaban J connectivity index is 1.67. The number of nitrogens with zero attached hydrogens (tertiary/aromatic N) is 3. The fourth-order valence-corrected chi connectivity index (χ4v) is 5.44. The number of thioether (sulfide) groups is 1. The van der Waals surface area contributed by atoms with E-state index in [4.69, 9.17) is 14.8 Å². The molecule has 2 aromatic rings. The van der Waals surface area contributed by atoms with Gasteiger partial charge in [0, 0.05) is 23.4 Å². The minimum Gasteiger partial charge on any atom is -0.496 e. The van der Waals surface area contributed by atoms with E-state index in [-0.39, 0.29) is 11.8 Å². The molecule has 0 bridgehead atoms. The van der Waals surface area contributed by atoms with Crippen molar-refractivity contribution < 1.29 is 9.53 Å². The van der Waals surface area contributed by atoms with Gasteiger partial charge in [0.1, 0.15) is 11.8 Å². The van der Waals surface area contributed by atoms with Gasteiger partial charge in [-0.25, -0.2) is 4.68 Å². The number of anilines is 1. The third-order valence-electron chi connectivity index (χ3n) is 5.57. The molecule has 0 saturated carbocycles. The normalized spacial score (nSPS) is 18.1. The lowest BCUT2D eigenvalue weighted by molar-refractivity contribution is -0.116. The molecule has 0 radical (unpaired) electrons. The van der Waals surface area contributed by atoms with E-state index in [2.05, 4.69) is 28.2 Å². The highest BCUT2D eigenvalue weighted by atomic mass is 79.9. The summed E-state index contributed by atoms with van der Waals surface area (Å²) in [6.45, 7) is 2.22. The average molecular weight is 491 g/mol. The van der Waals surface area contributed by atoms with E-state index in [9.17, 15) is 4.79 Å². The van der Waals surface area contributed by atoms with Crippen LogP contribution in [0.2, 0.25) is 0 Å². The topological polar surface area (TPSA) is 69.0 Å². The summed E-state index contributed by atoms with van der Waals surface area (Å²) in [6, 6.07) is 5.68. The molecule has 0 spiro atoms. The van der Waals surface area contributed by atoms with Gasteiger partial charge in [-0.1, -0.05) is 44.0 Å². The number of unbranched alkanes of at least 4 members (excludes halogenated alkanes) is 3. The van der Waals surface area contributed by atoms with Crippen molar-refractivity contribution >= 4 is 39.4 Å². The van der Waals surface area contributed by atoms with Gasteiger partial charge in [0.15, 0.2) is 5.78 Å². The number of benzene rings is 1. The summed E-state index contributed by atoms with van der Waals surface area (Å²) in [5.41, 5.74) is 2.80. The van der Waals surface area contributed by atoms with Gasteiger partial charge in [0.25, 0.3) is 0 Å². The summed E-state index contributed by atoms with van der Waals surface area (Å²) in [5, 5.41) is 8.96. The van der Waals surface area contributed by atoms with E-state index < -0.39 is 0 Å². The van der Waals surface area contributed by atoms with Gasteiger partial charge in [-0.2, -0.15) is 4.98 Å². The number of hydrogen-bond donors (Lipinski definition) is 1. The monoisotopic (exact) mass is 490 g/mol. The van der Waals surface area contributed by atoms with Gasteiger partial charge in [-0.05, 0) is 52.9 Å².